The summed E-state index contributed by atoms with van der Waals surface area (Å²) in [5, 5.41) is 11.1. The number of halogens is 1. The summed E-state index contributed by atoms with van der Waals surface area (Å²) in [6, 6.07) is 10.1. The van der Waals surface area contributed by atoms with E-state index in [2.05, 4.69) is 20.6 Å². The van der Waals surface area contributed by atoms with Gasteiger partial charge in [0.05, 0.1) is 5.69 Å². The topological polar surface area (TPSA) is 62.2 Å². The second-order valence-corrected chi connectivity index (χ2v) is 6.72. The Balaban J connectivity index is 0.00000196. The minimum absolute atomic E-state index is 0. The van der Waals surface area contributed by atoms with Crippen LogP contribution >= 0.6 is 12.4 Å². The Labute approximate surface area is 160 Å². The van der Waals surface area contributed by atoms with Crippen LogP contribution < -0.4 is 10.6 Å². The van der Waals surface area contributed by atoms with E-state index in [0.29, 0.717) is 12.2 Å². The van der Waals surface area contributed by atoms with E-state index in [1.54, 1.807) is 0 Å². The molecule has 0 unspecified atom stereocenters. The Morgan fingerprint density at radius 3 is 2.69 bits per heavy atom. The molecule has 140 valence electrons. The van der Waals surface area contributed by atoms with Crippen LogP contribution in [-0.2, 0) is 12.8 Å². The Hall–Kier alpha value is -1.89. The highest BCUT2D eigenvalue weighted by molar-refractivity contribution is 5.94. The minimum atomic E-state index is -0.0389. The molecule has 1 aromatic carbocycles. The fraction of sp³-hybridized carbons (Fsp3) is 0.474. The molecule has 1 aromatic heterocycles. The predicted octanol–water partition coefficient (Wildman–Crippen LogP) is 1.42. The summed E-state index contributed by atoms with van der Waals surface area (Å²) >= 11 is 0. The molecule has 1 aliphatic carbocycles. The van der Waals surface area contributed by atoms with E-state index in [4.69, 9.17) is 0 Å². The van der Waals surface area contributed by atoms with Crippen molar-refractivity contribution in [3.05, 3.63) is 47.3 Å². The molecule has 4 rings (SSSR count). The first-order valence-corrected chi connectivity index (χ1v) is 9.20. The zero-order valence-corrected chi connectivity index (χ0v) is 15.7. The van der Waals surface area contributed by atoms with Gasteiger partial charge in [0.25, 0.3) is 5.91 Å². The minimum Gasteiger partial charge on any atom is -0.349 e. The van der Waals surface area contributed by atoms with Gasteiger partial charge in [-0.05, 0) is 31.4 Å². The Morgan fingerprint density at radius 2 is 1.92 bits per heavy atom. The summed E-state index contributed by atoms with van der Waals surface area (Å²) in [5.41, 5.74) is 3.96. The standard InChI is InChI=1S/C19H25N5O.ClH/c25-19(21-11-14-23-12-9-20-10-13-23)18-16-7-4-8-17(16)24(22-18)15-5-2-1-3-6-15;/h1-3,5-6,20H,4,7-14H2,(H,21,25);1H. The number of amides is 1. The number of nitrogens with zero attached hydrogens (tertiary/aromatic N) is 3. The van der Waals surface area contributed by atoms with Crippen molar-refractivity contribution in [2.24, 2.45) is 0 Å². The highest BCUT2D eigenvalue weighted by Crippen LogP contribution is 2.27. The molecule has 2 N–H and O–H groups in total. The summed E-state index contributed by atoms with van der Waals surface area (Å²) < 4.78 is 1.95. The zero-order chi connectivity index (χ0) is 17.1. The van der Waals surface area contributed by atoms with Crippen molar-refractivity contribution in [2.75, 3.05) is 39.3 Å². The second-order valence-electron chi connectivity index (χ2n) is 6.72. The molecule has 0 radical (unpaired) electrons. The first-order chi connectivity index (χ1) is 12.3. The van der Waals surface area contributed by atoms with E-state index in [1.807, 2.05) is 35.0 Å². The lowest BCUT2D eigenvalue weighted by molar-refractivity contribution is 0.0941. The van der Waals surface area contributed by atoms with Crippen molar-refractivity contribution in [1.82, 2.24) is 25.3 Å². The molecule has 0 saturated carbocycles. The molecular weight excluding hydrogens is 350 g/mol. The number of fused-ring (bicyclic) bond motifs is 1. The van der Waals surface area contributed by atoms with Gasteiger partial charge in [0.1, 0.15) is 0 Å². The molecule has 2 aliphatic rings. The number of piperazine rings is 1. The molecule has 26 heavy (non-hydrogen) atoms. The summed E-state index contributed by atoms with van der Waals surface area (Å²) in [7, 11) is 0. The summed E-state index contributed by atoms with van der Waals surface area (Å²) in [6.07, 6.45) is 3.04. The van der Waals surface area contributed by atoms with Crippen LogP contribution in [0.4, 0.5) is 0 Å². The fourth-order valence-electron chi connectivity index (χ4n) is 3.75. The maximum absolute atomic E-state index is 12.7. The van der Waals surface area contributed by atoms with E-state index < -0.39 is 0 Å². The van der Waals surface area contributed by atoms with E-state index in [1.165, 1.54) is 5.69 Å². The van der Waals surface area contributed by atoms with Crippen molar-refractivity contribution in [3.8, 4) is 5.69 Å². The molecule has 1 fully saturated rings. The fourth-order valence-corrected chi connectivity index (χ4v) is 3.75. The first kappa shape index (κ1) is 18.9. The van der Waals surface area contributed by atoms with Crippen molar-refractivity contribution < 1.29 is 4.79 Å². The lowest BCUT2D eigenvalue weighted by Gasteiger charge is -2.27. The quantitative estimate of drug-likeness (QED) is 0.829. The van der Waals surface area contributed by atoms with Crippen LogP contribution in [-0.4, -0.2) is 59.9 Å². The molecule has 1 aliphatic heterocycles. The van der Waals surface area contributed by atoms with Gasteiger partial charge in [0, 0.05) is 50.5 Å². The third kappa shape index (κ3) is 3.92. The second kappa shape index (κ2) is 8.66. The van der Waals surface area contributed by atoms with Gasteiger partial charge < -0.3 is 10.6 Å². The van der Waals surface area contributed by atoms with Crippen molar-refractivity contribution in [3.63, 3.8) is 0 Å². The highest BCUT2D eigenvalue weighted by atomic mass is 35.5. The number of carbonyl (C=O) groups is 1. The average Bonchev–Trinajstić information content (AvgIpc) is 3.26. The van der Waals surface area contributed by atoms with Crippen LogP contribution in [0.2, 0.25) is 0 Å². The van der Waals surface area contributed by atoms with Gasteiger partial charge in [-0.15, -0.1) is 12.4 Å². The lowest BCUT2D eigenvalue weighted by atomic mass is 10.2. The maximum atomic E-state index is 12.7. The number of hydrogen-bond donors (Lipinski definition) is 2. The van der Waals surface area contributed by atoms with Crippen LogP contribution in [0.1, 0.15) is 28.2 Å². The van der Waals surface area contributed by atoms with Gasteiger partial charge in [-0.3, -0.25) is 9.69 Å². The van der Waals surface area contributed by atoms with Gasteiger partial charge in [-0.2, -0.15) is 5.10 Å². The molecule has 2 aromatic rings. The first-order valence-electron chi connectivity index (χ1n) is 9.20. The van der Waals surface area contributed by atoms with Crippen LogP contribution in [0.15, 0.2) is 30.3 Å². The molecule has 2 heterocycles. The van der Waals surface area contributed by atoms with Crippen molar-refractivity contribution in [2.45, 2.75) is 19.3 Å². The molecule has 0 spiro atoms. The third-order valence-corrected chi connectivity index (χ3v) is 5.07. The zero-order valence-electron chi connectivity index (χ0n) is 14.9. The number of nitrogens with one attached hydrogen (secondary N) is 2. The summed E-state index contributed by atoms with van der Waals surface area (Å²) in [4.78, 5) is 15.1. The summed E-state index contributed by atoms with van der Waals surface area (Å²) in [6.45, 7) is 5.73. The summed E-state index contributed by atoms with van der Waals surface area (Å²) in [5.74, 6) is -0.0389. The molecular formula is C19H26ClN5O. The van der Waals surface area contributed by atoms with Gasteiger partial charge in [0.15, 0.2) is 5.69 Å². The molecule has 7 heteroatoms. The normalized spacial score (nSPS) is 16.8. The number of benzene rings is 1. The number of rotatable bonds is 5. The molecule has 6 nitrogen and oxygen atoms in total. The molecule has 1 saturated heterocycles. The average molecular weight is 376 g/mol. The highest BCUT2D eigenvalue weighted by Gasteiger charge is 2.26. The number of hydrogen-bond acceptors (Lipinski definition) is 4. The van der Waals surface area contributed by atoms with Crippen LogP contribution in [0, 0.1) is 0 Å². The van der Waals surface area contributed by atoms with E-state index in [-0.39, 0.29) is 18.3 Å². The van der Waals surface area contributed by atoms with Gasteiger partial charge in [-0.25, -0.2) is 4.68 Å². The van der Waals surface area contributed by atoms with Crippen LogP contribution in [0.3, 0.4) is 0 Å². The lowest BCUT2D eigenvalue weighted by Crippen LogP contribution is -2.46. The van der Waals surface area contributed by atoms with Crippen molar-refractivity contribution >= 4 is 18.3 Å². The monoisotopic (exact) mass is 375 g/mol. The number of para-hydroxylation sites is 1. The smallest absolute Gasteiger partial charge is 0.272 e. The van der Waals surface area contributed by atoms with Gasteiger partial charge in [-0.1, -0.05) is 18.2 Å². The predicted molar refractivity (Wildman–Crippen MR) is 104 cm³/mol. The largest absolute Gasteiger partial charge is 0.349 e. The molecule has 0 bridgehead atoms. The van der Waals surface area contributed by atoms with E-state index in [9.17, 15) is 4.79 Å². The Morgan fingerprint density at radius 1 is 1.15 bits per heavy atom. The molecule has 1 amide bonds. The Kier molecular flexibility index (Phi) is 6.29. The maximum Gasteiger partial charge on any atom is 0.272 e. The van der Waals surface area contributed by atoms with E-state index in [0.717, 1.165) is 63.2 Å². The molecule has 0 atom stereocenters. The van der Waals surface area contributed by atoms with E-state index >= 15 is 0 Å². The van der Waals surface area contributed by atoms with Crippen LogP contribution in [0.5, 0.6) is 0 Å². The van der Waals surface area contributed by atoms with Gasteiger partial charge >= 0.3 is 0 Å². The number of aromatic nitrogens is 2. The Bertz CT molecular complexity index is 740. The SMILES string of the molecule is Cl.O=C(NCCN1CCNCC1)c1nn(-c2ccccc2)c2c1CCC2. The van der Waals surface area contributed by atoms with Crippen molar-refractivity contribution in [1.29, 1.82) is 0 Å². The van der Waals surface area contributed by atoms with Gasteiger partial charge in [0.2, 0.25) is 0 Å². The third-order valence-electron chi connectivity index (χ3n) is 5.07. The number of carbonyl (C=O) groups excluding carboxylic acids is 1. The van der Waals surface area contributed by atoms with Crippen LogP contribution in [0.25, 0.3) is 5.69 Å².